The fraction of sp³-hybridized carbons (Fsp3) is 0.917. The molecule has 1 atom stereocenters. The molecular weight excluding hydrogens is 236 g/mol. The number of likely N-dealkylation sites (tertiary alicyclic amines) is 1. The van der Waals surface area contributed by atoms with E-state index in [1.54, 1.807) is 0 Å². The van der Waals surface area contributed by atoms with Crippen molar-refractivity contribution in [1.82, 2.24) is 4.90 Å². The van der Waals surface area contributed by atoms with Crippen LogP contribution in [0.3, 0.4) is 0 Å². The summed E-state index contributed by atoms with van der Waals surface area (Å²) < 4.78 is 10.9. The van der Waals surface area contributed by atoms with Crippen molar-refractivity contribution in [1.29, 1.82) is 0 Å². The zero-order chi connectivity index (χ0) is 13.6. The van der Waals surface area contributed by atoms with Crippen molar-refractivity contribution in [2.24, 2.45) is 5.73 Å². The third-order valence-electron chi connectivity index (χ3n) is 3.19. The third kappa shape index (κ3) is 4.20. The summed E-state index contributed by atoms with van der Waals surface area (Å²) in [5, 5.41) is 9.04. The van der Waals surface area contributed by atoms with Gasteiger partial charge in [0.1, 0.15) is 5.54 Å². The molecule has 106 valence electrons. The highest BCUT2D eigenvalue weighted by Gasteiger charge is 2.41. The van der Waals surface area contributed by atoms with E-state index >= 15 is 0 Å². The van der Waals surface area contributed by atoms with Crippen molar-refractivity contribution >= 4 is 5.97 Å². The molecule has 3 N–H and O–H groups in total. The maximum absolute atomic E-state index is 11.0. The summed E-state index contributed by atoms with van der Waals surface area (Å²) in [6, 6.07) is 0. The van der Waals surface area contributed by atoms with Crippen LogP contribution in [0.25, 0.3) is 0 Å². The lowest BCUT2D eigenvalue weighted by Crippen LogP contribution is -2.50. The number of nitrogens with two attached hydrogens (primary N) is 1. The Hall–Kier alpha value is -0.690. The predicted octanol–water partition coefficient (Wildman–Crippen LogP) is 0.263. The van der Waals surface area contributed by atoms with Crippen molar-refractivity contribution in [3.05, 3.63) is 0 Å². The Bertz CT molecular complexity index is 269. The number of carboxylic acids is 1. The van der Waals surface area contributed by atoms with E-state index in [4.69, 9.17) is 20.3 Å². The van der Waals surface area contributed by atoms with Gasteiger partial charge in [-0.25, -0.2) is 0 Å². The van der Waals surface area contributed by atoms with E-state index in [-0.39, 0.29) is 6.29 Å². The molecule has 6 heteroatoms. The van der Waals surface area contributed by atoms with Gasteiger partial charge in [-0.1, -0.05) is 0 Å². The Morgan fingerprint density at radius 3 is 2.50 bits per heavy atom. The van der Waals surface area contributed by atoms with Gasteiger partial charge in [-0.2, -0.15) is 0 Å². The van der Waals surface area contributed by atoms with Gasteiger partial charge in [0.2, 0.25) is 0 Å². The fourth-order valence-corrected chi connectivity index (χ4v) is 2.15. The highest BCUT2D eigenvalue weighted by Crippen LogP contribution is 2.19. The summed E-state index contributed by atoms with van der Waals surface area (Å²) >= 11 is 0. The number of hydrogen-bond acceptors (Lipinski definition) is 5. The first-order valence-electron chi connectivity index (χ1n) is 6.49. The average Bonchev–Trinajstić information content (AvgIpc) is 2.70. The number of rotatable bonds is 8. The van der Waals surface area contributed by atoms with Crippen LogP contribution >= 0.6 is 0 Å². The molecule has 0 amide bonds. The van der Waals surface area contributed by atoms with Crippen LogP contribution in [0.1, 0.15) is 26.7 Å². The van der Waals surface area contributed by atoms with Gasteiger partial charge in [0, 0.05) is 39.3 Å². The SMILES string of the molecule is CCOC(CCN1CCC(N)(C(=O)O)C1)OCC. The first kappa shape index (κ1) is 15.4. The maximum Gasteiger partial charge on any atom is 0.325 e. The number of hydrogen-bond donors (Lipinski definition) is 2. The van der Waals surface area contributed by atoms with Crippen LogP contribution < -0.4 is 5.73 Å². The smallest absolute Gasteiger partial charge is 0.325 e. The molecule has 0 spiro atoms. The molecule has 1 unspecified atom stereocenters. The molecule has 1 rings (SSSR count). The van der Waals surface area contributed by atoms with E-state index in [1.807, 2.05) is 13.8 Å². The second-order valence-corrected chi connectivity index (χ2v) is 4.62. The van der Waals surface area contributed by atoms with Crippen LogP contribution in [0.5, 0.6) is 0 Å². The second kappa shape index (κ2) is 7.04. The molecule has 1 aliphatic rings. The zero-order valence-corrected chi connectivity index (χ0v) is 11.2. The van der Waals surface area contributed by atoms with Crippen LogP contribution in [0.15, 0.2) is 0 Å². The summed E-state index contributed by atoms with van der Waals surface area (Å²) in [5.74, 6) is -0.920. The predicted molar refractivity (Wildman–Crippen MR) is 67.3 cm³/mol. The third-order valence-corrected chi connectivity index (χ3v) is 3.19. The van der Waals surface area contributed by atoms with E-state index in [0.29, 0.717) is 32.7 Å². The molecule has 0 saturated carbocycles. The van der Waals surface area contributed by atoms with Crippen molar-refractivity contribution in [2.75, 3.05) is 32.8 Å². The van der Waals surface area contributed by atoms with Gasteiger partial charge in [0.05, 0.1) is 0 Å². The minimum absolute atomic E-state index is 0.211. The molecule has 1 aliphatic heterocycles. The number of carboxylic acid groups (broad SMARTS) is 1. The van der Waals surface area contributed by atoms with E-state index in [9.17, 15) is 4.79 Å². The van der Waals surface area contributed by atoms with E-state index in [0.717, 1.165) is 13.0 Å². The lowest BCUT2D eigenvalue weighted by atomic mass is 10.0. The van der Waals surface area contributed by atoms with Crippen LogP contribution in [-0.4, -0.2) is 60.7 Å². The van der Waals surface area contributed by atoms with Gasteiger partial charge in [-0.15, -0.1) is 0 Å². The quantitative estimate of drug-likeness (QED) is 0.609. The minimum Gasteiger partial charge on any atom is -0.480 e. The van der Waals surface area contributed by atoms with Crippen LogP contribution in [0.2, 0.25) is 0 Å². The average molecular weight is 260 g/mol. The normalized spacial score (nSPS) is 24.9. The van der Waals surface area contributed by atoms with E-state index in [1.165, 1.54) is 0 Å². The number of nitrogens with zero attached hydrogens (tertiary/aromatic N) is 1. The van der Waals surface area contributed by atoms with Gasteiger partial charge in [-0.3, -0.25) is 4.79 Å². The van der Waals surface area contributed by atoms with Crippen molar-refractivity contribution in [2.45, 2.75) is 38.5 Å². The van der Waals surface area contributed by atoms with Gasteiger partial charge < -0.3 is 25.2 Å². The second-order valence-electron chi connectivity index (χ2n) is 4.62. The highest BCUT2D eigenvalue weighted by atomic mass is 16.7. The Kier molecular flexibility index (Phi) is 6.01. The molecule has 0 aromatic rings. The molecule has 1 fully saturated rings. The molecule has 0 radical (unpaired) electrons. The largest absolute Gasteiger partial charge is 0.480 e. The maximum atomic E-state index is 11.0. The summed E-state index contributed by atoms with van der Waals surface area (Å²) in [7, 11) is 0. The molecule has 1 saturated heterocycles. The Labute approximate surface area is 108 Å². The Morgan fingerprint density at radius 1 is 1.44 bits per heavy atom. The van der Waals surface area contributed by atoms with Gasteiger partial charge in [0.25, 0.3) is 0 Å². The first-order chi connectivity index (χ1) is 8.51. The molecule has 0 aliphatic carbocycles. The molecule has 6 nitrogen and oxygen atoms in total. The lowest BCUT2D eigenvalue weighted by Gasteiger charge is -2.22. The number of aliphatic carboxylic acids is 1. The van der Waals surface area contributed by atoms with E-state index < -0.39 is 11.5 Å². The fourth-order valence-electron chi connectivity index (χ4n) is 2.15. The van der Waals surface area contributed by atoms with Gasteiger partial charge in [0.15, 0.2) is 6.29 Å². The number of ether oxygens (including phenoxy) is 2. The molecular formula is C12H24N2O4. The van der Waals surface area contributed by atoms with Crippen molar-refractivity contribution in [3.63, 3.8) is 0 Å². The monoisotopic (exact) mass is 260 g/mol. The van der Waals surface area contributed by atoms with Crippen LogP contribution in [-0.2, 0) is 14.3 Å². The molecule has 0 bridgehead atoms. The summed E-state index contributed by atoms with van der Waals surface area (Å²) in [5.41, 5.74) is 4.72. The summed E-state index contributed by atoms with van der Waals surface area (Å²) in [4.78, 5) is 13.1. The zero-order valence-electron chi connectivity index (χ0n) is 11.2. The Morgan fingerprint density at radius 2 is 2.06 bits per heavy atom. The molecule has 18 heavy (non-hydrogen) atoms. The van der Waals surface area contributed by atoms with Gasteiger partial charge in [-0.05, 0) is 20.3 Å². The molecule has 0 aromatic carbocycles. The standard InChI is InChI=1S/C12H24N2O4/c1-3-17-10(18-4-2)5-7-14-8-6-12(13,9-14)11(15)16/h10H,3-9,13H2,1-2H3,(H,15,16). The van der Waals surface area contributed by atoms with Crippen LogP contribution in [0, 0.1) is 0 Å². The van der Waals surface area contributed by atoms with Crippen molar-refractivity contribution in [3.8, 4) is 0 Å². The Balaban J connectivity index is 2.34. The minimum atomic E-state index is -1.09. The van der Waals surface area contributed by atoms with Gasteiger partial charge >= 0.3 is 5.97 Å². The van der Waals surface area contributed by atoms with Crippen molar-refractivity contribution < 1.29 is 19.4 Å². The van der Waals surface area contributed by atoms with E-state index in [2.05, 4.69) is 4.90 Å². The summed E-state index contributed by atoms with van der Waals surface area (Å²) in [6.07, 6.45) is 1.02. The summed E-state index contributed by atoms with van der Waals surface area (Å²) in [6.45, 7) is 6.94. The first-order valence-corrected chi connectivity index (χ1v) is 6.49. The number of carbonyl (C=O) groups is 1. The van der Waals surface area contributed by atoms with Crippen LogP contribution in [0.4, 0.5) is 0 Å². The molecule has 0 aromatic heterocycles. The molecule has 1 heterocycles. The highest BCUT2D eigenvalue weighted by molar-refractivity contribution is 5.79. The lowest BCUT2D eigenvalue weighted by molar-refractivity contribution is -0.143. The topological polar surface area (TPSA) is 85.0 Å².